The van der Waals surface area contributed by atoms with Gasteiger partial charge in [0, 0.05) is 17.3 Å². The second-order valence-corrected chi connectivity index (χ2v) is 7.59. The van der Waals surface area contributed by atoms with E-state index in [0.29, 0.717) is 16.6 Å². The Bertz CT molecular complexity index is 1060. The van der Waals surface area contributed by atoms with E-state index >= 15 is 0 Å². The summed E-state index contributed by atoms with van der Waals surface area (Å²) in [4.78, 5) is 30.1. The predicted octanol–water partition coefficient (Wildman–Crippen LogP) is 4.70. The molecule has 0 aliphatic carbocycles. The van der Waals surface area contributed by atoms with Crippen molar-refractivity contribution in [2.24, 2.45) is 0 Å². The van der Waals surface area contributed by atoms with Crippen LogP contribution in [0.5, 0.6) is 0 Å². The van der Waals surface area contributed by atoms with Crippen LogP contribution in [0.1, 0.15) is 73.0 Å². The third-order valence-corrected chi connectivity index (χ3v) is 4.67. The summed E-state index contributed by atoms with van der Waals surface area (Å²) in [5, 5.41) is 4.93. The van der Waals surface area contributed by atoms with E-state index in [-0.39, 0.29) is 17.5 Å². The molecular weight excluding hydrogens is 373 g/mol. The number of carbonyl (C=O) groups is 2. The second-order valence-electron chi connectivity index (χ2n) is 7.59. The Hall–Kier alpha value is -3.09. The SMILES string of the molecule is CC(C)c1cc(C(=O)O[C@H](C)C(=O)c2ccc(F)cc2)c2cnn(C(C)C)c2n1. The van der Waals surface area contributed by atoms with Gasteiger partial charge in [0.2, 0.25) is 5.78 Å². The van der Waals surface area contributed by atoms with Crippen molar-refractivity contribution in [2.45, 2.75) is 52.7 Å². The lowest BCUT2D eigenvalue weighted by molar-refractivity contribution is 0.0320. The molecule has 152 valence electrons. The highest BCUT2D eigenvalue weighted by Gasteiger charge is 2.24. The van der Waals surface area contributed by atoms with Gasteiger partial charge in [0.05, 0.1) is 17.1 Å². The van der Waals surface area contributed by atoms with E-state index in [1.165, 1.54) is 31.2 Å². The number of aromatic nitrogens is 3. The minimum Gasteiger partial charge on any atom is -0.451 e. The van der Waals surface area contributed by atoms with Gasteiger partial charge in [-0.2, -0.15) is 5.10 Å². The summed E-state index contributed by atoms with van der Waals surface area (Å²) in [7, 11) is 0. The number of benzene rings is 1. The highest BCUT2D eigenvalue weighted by atomic mass is 19.1. The van der Waals surface area contributed by atoms with Gasteiger partial charge in [-0.3, -0.25) is 4.79 Å². The number of nitrogens with zero attached hydrogens (tertiary/aromatic N) is 3. The van der Waals surface area contributed by atoms with Crippen molar-refractivity contribution in [1.82, 2.24) is 14.8 Å². The van der Waals surface area contributed by atoms with Gasteiger partial charge in [-0.15, -0.1) is 0 Å². The topological polar surface area (TPSA) is 74.1 Å². The number of carbonyl (C=O) groups excluding carboxylic acids is 2. The van der Waals surface area contributed by atoms with Crippen LogP contribution in [0.25, 0.3) is 11.0 Å². The highest BCUT2D eigenvalue weighted by Crippen LogP contribution is 2.25. The normalized spacial score (nSPS) is 12.6. The molecule has 0 saturated carbocycles. The minimum absolute atomic E-state index is 0.0743. The number of esters is 1. The fourth-order valence-electron chi connectivity index (χ4n) is 3.01. The van der Waals surface area contributed by atoms with E-state index in [1.54, 1.807) is 16.9 Å². The van der Waals surface area contributed by atoms with Crippen molar-refractivity contribution >= 4 is 22.8 Å². The molecule has 0 amide bonds. The van der Waals surface area contributed by atoms with Crippen LogP contribution in [-0.2, 0) is 4.74 Å². The van der Waals surface area contributed by atoms with Gasteiger partial charge in [-0.25, -0.2) is 18.9 Å². The Morgan fingerprint density at radius 1 is 1.07 bits per heavy atom. The zero-order valence-electron chi connectivity index (χ0n) is 17.1. The molecule has 0 unspecified atom stereocenters. The molecule has 1 atom stereocenters. The van der Waals surface area contributed by atoms with Gasteiger partial charge >= 0.3 is 5.97 Å². The van der Waals surface area contributed by atoms with E-state index in [2.05, 4.69) is 10.1 Å². The lowest BCUT2D eigenvalue weighted by Gasteiger charge is -2.15. The average molecular weight is 397 g/mol. The molecule has 0 spiro atoms. The molecule has 0 aliphatic heterocycles. The second kappa shape index (κ2) is 8.11. The van der Waals surface area contributed by atoms with Crippen molar-refractivity contribution in [2.75, 3.05) is 0 Å². The van der Waals surface area contributed by atoms with Crippen molar-refractivity contribution < 1.29 is 18.7 Å². The number of pyridine rings is 1. The van der Waals surface area contributed by atoms with E-state index in [1.807, 2.05) is 27.7 Å². The number of rotatable bonds is 6. The molecule has 0 aliphatic rings. The number of ether oxygens (including phenoxy) is 1. The number of Topliss-reactive ketones (excluding diaryl/α,β-unsaturated/α-hetero) is 1. The Kier molecular flexibility index (Phi) is 5.77. The Labute approximate surface area is 168 Å². The number of halogens is 1. The van der Waals surface area contributed by atoms with Crippen LogP contribution in [-0.4, -0.2) is 32.6 Å². The molecule has 0 radical (unpaired) electrons. The average Bonchev–Trinajstić information content (AvgIpc) is 3.11. The molecular formula is C22H24FN3O3. The third-order valence-electron chi connectivity index (χ3n) is 4.67. The standard InChI is InChI=1S/C22H24FN3O3/c1-12(2)19-10-17(18-11-24-26(13(3)4)21(18)25-19)22(28)29-14(5)20(27)15-6-8-16(23)9-7-15/h6-14H,1-5H3/t14-/m1/s1. The van der Waals surface area contributed by atoms with E-state index in [0.717, 1.165) is 5.69 Å². The first-order valence-electron chi connectivity index (χ1n) is 9.58. The molecule has 29 heavy (non-hydrogen) atoms. The van der Waals surface area contributed by atoms with Gasteiger partial charge < -0.3 is 4.74 Å². The fourth-order valence-corrected chi connectivity index (χ4v) is 3.01. The van der Waals surface area contributed by atoms with Crippen molar-refractivity contribution in [3.8, 4) is 0 Å². The van der Waals surface area contributed by atoms with Gasteiger partial charge in [0.15, 0.2) is 11.8 Å². The van der Waals surface area contributed by atoms with Crippen LogP contribution in [0.4, 0.5) is 4.39 Å². The number of fused-ring (bicyclic) bond motifs is 1. The van der Waals surface area contributed by atoms with E-state index < -0.39 is 23.7 Å². The van der Waals surface area contributed by atoms with Crippen molar-refractivity contribution in [1.29, 1.82) is 0 Å². The van der Waals surface area contributed by atoms with E-state index in [9.17, 15) is 14.0 Å². The smallest absolute Gasteiger partial charge is 0.339 e. The van der Waals surface area contributed by atoms with Crippen LogP contribution >= 0.6 is 0 Å². The third kappa shape index (κ3) is 4.18. The van der Waals surface area contributed by atoms with Crippen molar-refractivity contribution in [3.63, 3.8) is 0 Å². The summed E-state index contributed by atoms with van der Waals surface area (Å²) in [6, 6.07) is 6.90. The van der Waals surface area contributed by atoms with Crippen LogP contribution in [0.2, 0.25) is 0 Å². The largest absolute Gasteiger partial charge is 0.451 e. The molecule has 0 bridgehead atoms. The Morgan fingerprint density at radius 3 is 2.31 bits per heavy atom. The predicted molar refractivity (Wildman–Crippen MR) is 108 cm³/mol. The summed E-state index contributed by atoms with van der Waals surface area (Å²) in [5.74, 6) is -1.36. The fraction of sp³-hybridized carbons (Fsp3) is 0.364. The van der Waals surface area contributed by atoms with Gasteiger partial charge in [0.1, 0.15) is 5.82 Å². The maximum Gasteiger partial charge on any atom is 0.339 e. The summed E-state index contributed by atoms with van der Waals surface area (Å²) in [6.07, 6.45) is 0.578. The number of hydrogen-bond acceptors (Lipinski definition) is 5. The molecule has 3 rings (SSSR count). The van der Waals surface area contributed by atoms with Crippen molar-refractivity contribution in [3.05, 3.63) is 59.2 Å². The summed E-state index contributed by atoms with van der Waals surface area (Å²) in [5.41, 5.74) is 1.95. The highest BCUT2D eigenvalue weighted by molar-refractivity contribution is 6.05. The molecule has 1 aromatic carbocycles. The van der Waals surface area contributed by atoms with Crippen LogP contribution in [0.3, 0.4) is 0 Å². The summed E-state index contributed by atoms with van der Waals surface area (Å²) in [6.45, 7) is 9.44. The monoisotopic (exact) mass is 397 g/mol. The van der Waals surface area contributed by atoms with Crippen LogP contribution in [0.15, 0.2) is 36.5 Å². The molecule has 7 heteroatoms. The van der Waals surface area contributed by atoms with Gasteiger partial charge in [-0.05, 0) is 57.0 Å². The quantitative estimate of drug-likeness (QED) is 0.445. The minimum atomic E-state index is -1.01. The summed E-state index contributed by atoms with van der Waals surface area (Å²) < 4.78 is 20.3. The first kappa shape index (κ1) is 20.6. The van der Waals surface area contributed by atoms with E-state index in [4.69, 9.17) is 4.74 Å². The molecule has 0 fully saturated rings. The molecule has 2 heterocycles. The lowest BCUT2D eigenvalue weighted by atomic mass is 10.0. The molecule has 6 nitrogen and oxygen atoms in total. The summed E-state index contributed by atoms with van der Waals surface area (Å²) >= 11 is 0. The number of hydrogen-bond donors (Lipinski definition) is 0. The lowest BCUT2D eigenvalue weighted by Crippen LogP contribution is -2.24. The molecule has 3 aromatic rings. The maximum atomic E-state index is 13.1. The van der Waals surface area contributed by atoms with Crippen LogP contribution < -0.4 is 0 Å². The molecule has 0 N–H and O–H groups in total. The van der Waals surface area contributed by atoms with Crippen LogP contribution in [0, 0.1) is 5.82 Å². The maximum absolute atomic E-state index is 13.1. The van der Waals surface area contributed by atoms with Gasteiger partial charge in [0.25, 0.3) is 0 Å². The molecule has 2 aromatic heterocycles. The Balaban J connectivity index is 1.93. The molecule has 0 saturated heterocycles. The first-order valence-corrected chi connectivity index (χ1v) is 9.58. The number of ketones is 1. The first-order chi connectivity index (χ1) is 13.7. The Morgan fingerprint density at radius 2 is 1.72 bits per heavy atom. The zero-order chi connectivity index (χ0) is 21.3. The zero-order valence-corrected chi connectivity index (χ0v) is 17.1. The van der Waals surface area contributed by atoms with Gasteiger partial charge in [-0.1, -0.05) is 13.8 Å².